The van der Waals surface area contributed by atoms with Crippen LogP contribution in [0.5, 0.6) is 0 Å². The van der Waals surface area contributed by atoms with Gasteiger partial charge in [-0.25, -0.2) is 8.42 Å². The van der Waals surface area contributed by atoms with Gasteiger partial charge in [-0.2, -0.15) is 4.31 Å². The number of sulfonamides is 1. The van der Waals surface area contributed by atoms with Crippen LogP contribution in [0.4, 0.5) is 5.69 Å². The number of benzene rings is 1. The molecule has 1 atom stereocenters. The van der Waals surface area contributed by atoms with Crippen LogP contribution in [0.2, 0.25) is 0 Å². The minimum absolute atomic E-state index is 0.0567. The fourth-order valence-corrected chi connectivity index (χ4v) is 5.43. The molecule has 1 N–H and O–H groups in total. The molecule has 4 rings (SSSR count). The van der Waals surface area contributed by atoms with Crippen LogP contribution in [0.1, 0.15) is 44.9 Å². The van der Waals surface area contributed by atoms with Crippen molar-refractivity contribution in [2.45, 2.75) is 55.9 Å². The number of amides is 2. The van der Waals surface area contributed by atoms with E-state index in [0.717, 1.165) is 38.5 Å². The Morgan fingerprint density at radius 1 is 1.00 bits per heavy atom. The predicted molar refractivity (Wildman–Crippen MR) is 105 cm³/mol. The van der Waals surface area contributed by atoms with Gasteiger partial charge in [0.2, 0.25) is 21.8 Å². The first kappa shape index (κ1) is 19.4. The summed E-state index contributed by atoms with van der Waals surface area (Å²) in [4.78, 5) is 26.4. The molecule has 1 unspecified atom stereocenters. The third kappa shape index (κ3) is 4.07. The highest BCUT2D eigenvalue weighted by molar-refractivity contribution is 7.89. The molecular formula is C20H27N3O4S. The van der Waals surface area contributed by atoms with Crippen molar-refractivity contribution >= 4 is 27.5 Å². The van der Waals surface area contributed by atoms with Crippen molar-refractivity contribution in [3.63, 3.8) is 0 Å². The van der Waals surface area contributed by atoms with Crippen LogP contribution in [0, 0.1) is 5.92 Å². The van der Waals surface area contributed by atoms with Crippen LogP contribution in [-0.4, -0.2) is 50.2 Å². The summed E-state index contributed by atoms with van der Waals surface area (Å²) in [5.74, 6) is -0.494. The smallest absolute Gasteiger partial charge is 0.243 e. The predicted octanol–water partition coefficient (Wildman–Crippen LogP) is 1.88. The molecule has 1 saturated carbocycles. The molecule has 2 amide bonds. The zero-order valence-corrected chi connectivity index (χ0v) is 16.8. The molecule has 2 aliphatic heterocycles. The molecular weight excluding hydrogens is 378 g/mol. The Balaban J connectivity index is 1.45. The van der Waals surface area contributed by atoms with Gasteiger partial charge in [-0.1, -0.05) is 12.8 Å². The summed E-state index contributed by atoms with van der Waals surface area (Å²) in [7, 11) is -3.50. The fourth-order valence-electron chi connectivity index (χ4n) is 3.91. The maximum atomic E-state index is 12.9. The maximum absolute atomic E-state index is 12.9. The van der Waals surface area contributed by atoms with E-state index in [4.69, 9.17) is 0 Å². The zero-order chi connectivity index (χ0) is 19.7. The lowest BCUT2D eigenvalue weighted by molar-refractivity contribution is -0.126. The number of anilines is 1. The van der Waals surface area contributed by atoms with E-state index in [9.17, 15) is 18.0 Å². The minimum Gasteiger partial charge on any atom is -0.353 e. The number of nitrogens with zero attached hydrogens (tertiary/aromatic N) is 2. The van der Waals surface area contributed by atoms with Crippen molar-refractivity contribution in [1.29, 1.82) is 0 Å². The average molecular weight is 406 g/mol. The van der Waals surface area contributed by atoms with Gasteiger partial charge in [0, 0.05) is 37.8 Å². The van der Waals surface area contributed by atoms with Crippen LogP contribution in [0.15, 0.2) is 29.2 Å². The Bertz CT molecular complexity index is 841. The van der Waals surface area contributed by atoms with Gasteiger partial charge in [-0.3, -0.25) is 9.59 Å². The summed E-state index contributed by atoms with van der Waals surface area (Å²) in [5.41, 5.74) is 0.640. The summed E-state index contributed by atoms with van der Waals surface area (Å²) in [5, 5.41) is 2.96. The van der Waals surface area contributed by atoms with Crippen LogP contribution in [-0.2, 0) is 19.6 Å². The third-order valence-corrected chi connectivity index (χ3v) is 7.68. The lowest BCUT2D eigenvalue weighted by atomic mass is 10.1. The quantitative estimate of drug-likeness (QED) is 0.810. The Labute approximate surface area is 166 Å². The van der Waals surface area contributed by atoms with E-state index < -0.39 is 10.0 Å². The normalized spacial score (nSPS) is 24.2. The molecule has 0 aromatic heterocycles. The minimum atomic E-state index is -3.50. The van der Waals surface area contributed by atoms with Crippen molar-refractivity contribution in [3.05, 3.63) is 24.3 Å². The van der Waals surface area contributed by atoms with Gasteiger partial charge >= 0.3 is 0 Å². The largest absolute Gasteiger partial charge is 0.353 e. The molecule has 1 aromatic rings. The first-order chi connectivity index (χ1) is 13.4. The van der Waals surface area contributed by atoms with Crippen molar-refractivity contribution in [3.8, 4) is 0 Å². The number of hydrogen-bond donors (Lipinski definition) is 1. The van der Waals surface area contributed by atoms with Crippen molar-refractivity contribution in [2.24, 2.45) is 5.92 Å². The second kappa shape index (κ2) is 7.83. The van der Waals surface area contributed by atoms with E-state index in [1.54, 1.807) is 33.5 Å². The summed E-state index contributed by atoms with van der Waals surface area (Å²) >= 11 is 0. The van der Waals surface area contributed by atoms with Crippen LogP contribution >= 0.6 is 0 Å². The van der Waals surface area contributed by atoms with Crippen LogP contribution < -0.4 is 10.2 Å². The van der Waals surface area contributed by atoms with Gasteiger partial charge in [-0.15, -0.1) is 0 Å². The highest BCUT2D eigenvalue weighted by atomic mass is 32.2. The average Bonchev–Trinajstić information content (AvgIpc) is 3.46. The highest BCUT2D eigenvalue weighted by Gasteiger charge is 2.37. The number of nitrogens with one attached hydrogen (secondary N) is 1. The van der Waals surface area contributed by atoms with Gasteiger partial charge in [0.25, 0.3) is 0 Å². The van der Waals surface area contributed by atoms with Crippen LogP contribution in [0.25, 0.3) is 0 Å². The number of carbonyl (C=O) groups excluding carboxylic acids is 2. The molecule has 8 heteroatoms. The summed E-state index contributed by atoms with van der Waals surface area (Å²) in [6.07, 6.45) is 6.15. The summed E-state index contributed by atoms with van der Waals surface area (Å²) in [6.45, 7) is 1.47. The Hall–Kier alpha value is -1.93. The molecule has 1 aromatic carbocycles. The molecule has 3 fully saturated rings. The first-order valence-corrected chi connectivity index (χ1v) is 11.6. The van der Waals surface area contributed by atoms with Gasteiger partial charge in [0.1, 0.15) is 0 Å². The Morgan fingerprint density at radius 2 is 1.64 bits per heavy atom. The number of rotatable bonds is 5. The van der Waals surface area contributed by atoms with E-state index in [1.165, 1.54) is 0 Å². The summed E-state index contributed by atoms with van der Waals surface area (Å²) in [6, 6.07) is 6.76. The molecule has 2 saturated heterocycles. The molecule has 7 nitrogen and oxygen atoms in total. The second-order valence-electron chi connectivity index (χ2n) is 8.00. The van der Waals surface area contributed by atoms with Crippen molar-refractivity contribution in [1.82, 2.24) is 9.62 Å². The highest BCUT2D eigenvalue weighted by Crippen LogP contribution is 2.28. The SMILES string of the molecule is O=C(NC1CC1)C1CC(=O)N(c2ccc(S(=O)(=O)N3CCCCCC3)cc2)C1. The Morgan fingerprint density at radius 3 is 2.25 bits per heavy atom. The number of carbonyl (C=O) groups is 2. The second-order valence-corrected chi connectivity index (χ2v) is 9.94. The third-order valence-electron chi connectivity index (χ3n) is 5.77. The van der Waals surface area contributed by atoms with E-state index >= 15 is 0 Å². The van der Waals surface area contributed by atoms with E-state index in [-0.39, 0.29) is 35.1 Å². The lowest BCUT2D eigenvalue weighted by Crippen LogP contribution is -2.34. The van der Waals surface area contributed by atoms with Crippen LogP contribution in [0.3, 0.4) is 0 Å². The van der Waals surface area contributed by atoms with Gasteiger partial charge in [-0.05, 0) is 49.9 Å². The molecule has 0 bridgehead atoms. The van der Waals surface area contributed by atoms with E-state index in [1.807, 2.05) is 0 Å². The standard InChI is InChI=1S/C20H27N3O4S/c24-19-13-15(20(25)21-16-5-6-16)14-23(19)17-7-9-18(10-8-17)28(26,27)22-11-3-1-2-4-12-22/h7-10,15-16H,1-6,11-14H2,(H,21,25). The monoisotopic (exact) mass is 405 g/mol. The molecule has 0 spiro atoms. The van der Waals surface area contributed by atoms with Crippen molar-refractivity contribution < 1.29 is 18.0 Å². The van der Waals surface area contributed by atoms with Gasteiger partial charge in [0.05, 0.1) is 10.8 Å². The molecule has 28 heavy (non-hydrogen) atoms. The first-order valence-electron chi connectivity index (χ1n) is 10.2. The molecule has 1 aliphatic carbocycles. The molecule has 2 heterocycles. The van der Waals surface area contributed by atoms with Crippen molar-refractivity contribution in [2.75, 3.05) is 24.5 Å². The van der Waals surface area contributed by atoms with E-state index in [0.29, 0.717) is 25.3 Å². The lowest BCUT2D eigenvalue weighted by Gasteiger charge is -2.21. The fraction of sp³-hybridized carbons (Fsp3) is 0.600. The Kier molecular flexibility index (Phi) is 5.42. The topological polar surface area (TPSA) is 86.8 Å². The van der Waals surface area contributed by atoms with E-state index in [2.05, 4.69) is 5.32 Å². The molecule has 0 radical (unpaired) electrons. The van der Waals surface area contributed by atoms with Gasteiger partial charge in [0.15, 0.2) is 0 Å². The van der Waals surface area contributed by atoms with Gasteiger partial charge < -0.3 is 10.2 Å². The maximum Gasteiger partial charge on any atom is 0.243 e. The molecule has 152 valence electrons. The molecule has 3 aliphatic rings. The summed E-state index contributed by atoms with van der Waals surface area (Å²) < 4.78 is 27.3. The zero-order valence-electron chi connectivity index (χ0n) is 16.0. The number of hydrogen-bond acceptors (Lipinski definition) is 4.